The molecule has 2 fully saturated rings. The maximum atomic E-state index is 13.5. The minimum Gasteiger partial charge on any atom is -0.340 e. The minimum absolute atomic E-state index is 0.125. The number of carbonyl (C=O) groups excluding carboxylic acids is 2. The number of fused-ring (bicyclic) bond motifs is 1. The van der Waals surface area contributed by atoms with E-state index in [0.717, 1.165) is 23.9 Å². The Morgan fingerprint density at radius 1 is 1.11 bits per heavy atom. The summed E-state index contributed by atoms with van der Waals surface area (Å²) in [5.74, 6) is -0.592. The van der Waals surface area contributed by atoms with Crippen LogP contribution < -0.4 is 10.0 Å². The van der Waals surface area contributed by atoms with Crippen molar-refractivity contribution in [2.45, 2.75) is 51.4 Å². The van der Waals surface area contributed by atoms with E-state index in [1.165, 1.54) is 12.1 Å². The number of para-hydroxylation sites is 1. The number of hydrogen-bond donors (Lipinski definition) is 2. The molecule has 10 heteroatoms. The highest BCUT2D eigenvalue weighted by molar-refractivity contribution is 7.84. The molecule has 3 aromatic rings. The van der Waals surface area contributed by atoms with E-state index in [2.05, 4.69) is 15.1 Å². The van der Waals surface area contributed by atoms with Crippen molar-refractivity contribution >= 4 is 33.7 Å². The van der Waals surface area contributed by atoms with Crippen LogP contribution in [0.1, 0.15) is 49.7 Å². The van der Waals surface area contributed by atoms with Crippen LogP contribution in [-0.4, -0.2) is 61.6 Å². The summed E-state index contributed by atoms with van der Waals surface area (Å²) >= 11 is 0. The molecule has 1 saturated carbocycles. The maximum absolute atomic E-state index is 13.5. The van der Waals surface area contributed by atoms with Crippen molar-refractivity contribution in [1.29, 1.82) is 0 Å². The van der Waals surface area contributed by atoms with Crippen molar-refractivity contribution in [2.75, 3.05) is 19.6 Å². The van der Waals surface area contributed by atoms with Crippen LogP contribution in [0.2, 0.25) is 0 Å². The van der Waals surface area contributed by atoms with E-state index >= 15 is 0 Å². The molecule has 1 aliphatic carbocycles. The summed E-state index contributed by atoms with van der Waals surface area (Å²) in [6.45, 7) is 7.94. The number of carbonyl (C=O) groups is 2. The number of benzene rings is 2. The van der Waals surface area contributed by atoms with Crippen molar-refractivity contribution in [3.63, 3.8) is 0 Å². The fourth-order valence-corrected chi connectivity index (χ4v) is 5.89. The third kappa shape index (κ3) is 5.81. The van der Waals surface area contributed by atoms with Crippen molar-refractivity contribution in [3.05, 3.63) is 65.6 Å². The van der Waals surface area contributed by atoms with E-state index in [1.807, 2.05) is 45.0 Å². The second kappa shape index (κ2) is 10.6. The van der Waals surface area contributed by atoms with Crippen LogP contribution in [0.4, 0.5) is 4.39 Å². The summed E-state index contributed by atoms with van der Waals surface area (Å²) < 4.78 is 30.2. The lowest BCUT2D eigenvalue weighted by atomic mass is 9.84. The molecule has 2 aliphatic rings. The van der Waals surface area contributed by atoms with Gasteiger partial charge >= 0.3 is 0 Å². The number of nitrogens with zero attached hydrogens (tertiary/aromatic N) is 3. The van der Waals surface area contributed by atoms with Gasteiger partial charge in [0.1, 0.15) is 11.9 Å². The SMILES string of the molecule is CC(C)(C)C(NC(=O)c1nn(Cc2ccc(F)cc2)c2ccccc12)C(=O)N1CC(CNS(=O)C2CC2)C1. The van der Waals surface area contributed by atoms with E-state index in [-0.39, 0.29) is 28.6 Å². The van der Waals surface area contributed by atoms with Crippen LogP contribution in [0.5, 0.6) is 0 Å². The number of nitrogens with one attached hydrogen (secondary N) is 2. The zero-order valence-electron chi connectivity index (χ0n) is 21.9. The summed E-state index contributed by atoms with van der Waals surface area (Å²) in [7, 11) is -0.983. The van der Waals surface area contributed by atoms with Gasteiger partial charge in [0.05, 0.1) is 23.0 Å². The first-order chi connectivity index (χ1) is 18.1. The van der Waals surface area contributed by atoms with Gasteiger partial charge in [0, 0.05) is 36.2 Å². The van der Waals surface area contributed by atoms with Gasteiger partial charge in [-0.05, 0) is 42.0 Å². The molecule has 202 valence electrons. The van der Waals surface area contributed by atoms with E-state index in [0.29, 0.717) is 31.6 Å². The summed E-state index contributed by atoms with van der Waals surface area (Å²) in [4.78, 5) is 28.7. The summed E-state index contributed by atoms with van der Waals surface area (Å²) in [5.41, 5.74) is 1.37. The fraction of sp³-hybridized carbons (Fsp3) is 0.464. The first-order valence-electron chi connectivity index (χ1n) is 13.0. The maximum Gasteiger partial charge on any atom is 0.273 e. The molecule has 8 nitrogen and oxygen atoms in total. The van der Waals surface area contributed by atoms with Crippen LogP contribution >= 0.6 is 0 Å². The Morgan fingerprint density at radius 3 is 2.45 bits per heavy atom. The Morgan fingerprint density at radius 2 is 1.79 bits per heavy atom. The van der Waals surface area contributed by atoms with Crippen molar-refractivity contribution in [2.24, 2.45) is 11.3 Å². The molecule has 2 aromatic carbocycles. The molecule has 38 heavy (non-hydrogen) atoms. The number of halogens is 1. The van der Waals surface area contributed by atoms with Crippen molar-refractivity contribution in [3.8, 4) is 0 Å². The standard InChI is InChI=1S/C28H34FN5O3S/c1-28(2,3)25(27(36)33-15-19(16-33)14-30-38(37)21-12-13-21)31-26(35)24-22-6-4-5-7-23(22)34(32-24)17-18-8-10-20(29)11-9-18/h4-11,19,21,25,30H,12-17H2,1-3H3,(H,31,35). The van der Waals surface area contributed by atoms with Gasteiger partial charge in [0.25, 0.3) is 5.91 Å². The summed E-state index contributed by atoms with van der Waals surface area (Å²) in [6, 6.07) is 12.9. The molecule has 0 radical (unpaired) electrons. The molecule has 5 rings (SSSR count). The Bertz CT molecular complexity index is 1360. The van der Waals surface area contributed by atoms with Gasteiger partial charge in [-0.2, -0.15) is 5.10 Å². The third-order valence-corrected chi connectivity index (χ3v) is 8.65. The molecular weight excluding hydrogens is 505 g/mol. The second-order valence-corrected chi connectivity index (χ2v) is 12.9. The largest absolute Gasteiger partial charge is 0.340 e. The van der Waals surface area contributed by atoms with Crippen LogP contribution in [0.15, 0.2) is 48.5 Å². The molecule has 2 unspecified atom stereocenters. The molecule has 2 N–H and O–H groups in total. The smallest absolute Gasteiger partial charge is 0.273 e. The van der Waals surface area contributed by atoms with Gasteiger partial charge < -0.3 is 10.2 Å². The Balaban J connectivity index is 1.28. The molecule has 0 spiro atoms. The molecule has 1 saturated heterocycles. The first-order valence-corrected chi connectivity index (χ1v) is 14.2. The lowest BCUT2D eigenvalue weighted by Gasteiger charge is -2.43. The van der Waals surface area contributed by atoms with E-state index in [1.54, 1.807) is 21.7 Å². The van der Waals surface area contributed by atoms with E-state index < -0.39 is 28.3 Å². The van der Waals surface area contributed by atoms with Crippen LogP contribution in [0, 0.1) is 17.2 Å². The topological polar surface area (TPSA) is 96.3 Å². The monoisotopic (exact) mass is 539 g/mol. The van der Waals surface area contributed by atoms with Gasteiger partial charge in [-0.1, -0.05) is 51.1 Å². The highest BCUT2D eigenvalue weighted by atomic mass is 32.2. The van der Waals surface area contributed by atoms with Crippen molar-refractivity contribution in [1.82, 2.24) is 24.7 Å². The van der Waals surface area contributed by atoms with Crippen LogP contribution in [0.3, 0.4) is 0 Å². The minimum atomic E-state index is -0.983. The predicted octanol–water partition coefficient (Wildman–Crippen LogP) is 3.24. The quantitative estimate of drug-likeness (QED) is 0.436. The summed E-state index contributed by atoms with van der Waals surface area (Å²) in [5, 5.41) is 8.54. The predicted molar refractivity (Wildman–Crippen MR) is 145 cm³/mol. The van der Waals surface area contributed by atoms with Gasteiger partial charge in [0.15, 0.2) is 5.69 Å². The molecule has 2 atom stereocenters. The molecule has 0 bridgehead atoms. The first kappa shape index (κ1) is 26.5. The number of amides is 2. The van der Waals surface area contributed by atoms with E-state index in [4.69, 9.17) is 0 Å². The van der Waals surface area contributed by atoms with Gasteiger partial charge in [-0.15, -0.1) is 0 Å². The lowest BCUT2D eigenvalue weighted by Crippen LogP contribution is -2.61. The normalized spacial score (nSPS) is 17.7. The highest BCUT2D eigenvalue weighted by Gasteiger charge is 2.41. The zero-order valence-corrected chi connectivity index (χ0v) is 22.8. The Labute approximate surface area is 224 Å². The molecule has 1 aromatic heterocycles. The van der Waals surface area contributed by atoms with Gasteiger partial charge in [-0.25, -0.2) is 13.3 Å². The Kier molecular flexibility index (Phi) is 7.37. The van der Waals surface area contributed by atoms with Gasteiger partial charge in [-0.3, -0.25) is 14.3 Å². The Hall–Kier alpha value is -3.11. The van der Waals surface area contributed by atoms with E-state index in [9.17, 15) is 18.2 Å². The molecule has 2 amide bonds. The second-order valence-electron chi connectivity index (χ2n) is 11.4. The van der Waals surface area contributed by atoms with Gasteiger partial charge in [0.2, 0.25) is 5.91 Å². The average Bonchev–Trinajstić information content (AvgIpc) is 3.64. The highest BCUT2D eigenvalue weighted by Crippen LogP contribution is 2.28. The molecule has 1 aliphatic heterocycles. The lowest BCUT2D eigenvalue weighted by molar-refractivity contribution is -0.142. The fourth-order valence-electron chi connectivity index (χ4n) is 4.69. The number of hydrogen-bond acceptors (Lipinski definition) is 4. The summed E-state index contributed by atoms with van der Waals surface area (Å²) in [6.07, 6.45) is 2.03. The molecular formula is C28H34FN5O3S. The van der Waals surface area contributed by atoms with Crippen LogP contribution in [0.25, 0.3) is 10.9 Å². The van der Waals surface area contributed by atoms with Crippen LogP contribution in [-0.2, 0) is 22.3 Å². The average molecular weight is 540 g/mol. The zero-order chi connectivity index (χ0) is 27.0. The van der Waals surface area contributed by atoms with Crippen molar-refractivity contribution < 1.29 is 18.2 Å². The molecule has 2 heterocycles. The third-order valence-electron chi connectivity index (χ3n) is 7.12. The number of aromatic nitrogens is 2. The number of rotatable bonds is 9. The number of likely N-dealkylation sites (tertiary alicyclic amines) is 1.